The summed E-state index contributed by atoms with van der Waals surface area (Å²) in [7, 11) is 0. The van der Waals surface area contributed by atoms with E-state index in [0.717, 1.165) is 67.4 Å². The van der Waals surface area contributed by atoms with Crippen LogP contribution in [0, 0.1) is 0 Å². The first kappa shape index (κ1) is 35.9. The summed E-state index contributed by atoms with van der Waals surface area (Å²) in [5.41, 5.74) is 9.79. The standard InChI is InChI=1S/C55H38N6/c1-36(40-30-32-47-45-26-13-12-24-43(45)44-25-14-15-27-46(44)48(47)34-40)56-55(61-51-29-17-16-28-49(51)58-54(61)39-20-8-4-9-21-39)57-37(2)41-31-33-52-50(35-41)59-53(38-18-6-3-7-19-38)60(52)42-22-10-5-11-23-42/h3-35H,2H2,1H3/b56-36+,57-55?. The van der Waals surface area contributed by atoms with Gasteiger partial charge in [0, 0.05) is 28.1 Å². The van der Waals surface area contributed by atoms with Gasteiger partial charge in [-0.2, -0.15) is 0 Å². The van der Waals surface area contributed by atoms with Crippen LogP contribution in [0.5, 0.6) is 0 Å². The Morgan fingerprint density at radius 3 is 1.64 bits per heavy atom. The molecule has 6 nitrogen and oxygen atoms in total. The number of benzene rings is 9. The van der Waals surface area contributed by atoms with Gasteiger partial charge in [0.1, 0.15) is 11.6 Å². The van der Waals surface area contributed by atoms with Crippen molar-refractivity contribution in [2.45, 2.75) is 6.92 Å². The van der Waals surface area contributed by atoms with E-state index in [4.69, 9.17) is 20.0 Å². The molecule has 288 valence electrons. The molecule has 2 aromatic heterocycles. The summed E-state index contributed by atoms with van der Waals surface area (Å²) in [5, 5.41) is 7.31. The third kappa shape index (κ3) is 6.29. The van der Waals surface area contributed by atoms with Crippen LogP contribution in [0.15, 0.2) is 217 Å². The second-order valence-electron chi connectivity index (χ2n) is 15.2. The summed E-state index contributed by atoms with van der Waals surface area (Å²) in [6, 6.07) is 69.2. The monoisotopic (exact) mass is 782 g/mol. The third-order valence-corrected chi connectivity index (χ3v) is 11.5. The number of hydrogen-bond donors (Lipinski definition) is 0. The van der Waals surface area contributed by atoms with Crippen LogP contribution in [0.1, 0.15) is 18.1 Å². The normalized spacial score (nSPS) is 12.3. The van der Waals surface area contributed by atoms with Gasteiger partial charge in [-0.05, 0) is 87.3 Å². The Morgan fingerprint density at radius 1 is 0.443 bits per heavy atom. The van der Waals surface area contributed by atoms with E-state index >= 15 is 0 Å². The van der Waals surface area contributed by atoms with Crippen LogP contribution in [0.3, 0.4) is 0 Å². The van der Waals surface area contributed by atoms with Crippen LogP contribution in [-0.4, -0.2) is 30.8 Å². The van der Waals surface area contributed by atoms with Crippen molar-refractivity contribution < 1.29 is 0 Å². The molecule has 0 aliphatic rings. The molecule has 0 unspecified atom stereocenters. The predicted molar refractivity (Wildman–Crippen MR) is 255 cm³/mol. The molecule has 0 atom stereocenters. The number of para-hydroxylation sites is 3. The fraction of sp³-hybridized carbons (Fsp3) is 0.0182. The predicted octanol–water partition coefficient (Wildman–Crippen LogP) is 13.6. The maximum Gasteiger partial charge on any atom is 0.236 e. The fourth-order valence-electron chi connectivity index (χ4n) is 8.55. The highest BCUT2D eigenvalue weighted by Gasteiger charge is 2.20. The van der Waals surface area contributed by atoms with Crippen LogP contribution in [-0.2, 0) is 0 Å². The van der Waals surface area contributed by atoms with Gasteiger partial charge in [0.25, 0.3) is 0 Å². The molecular weight excluding hydrogens is 745 g/mol. The van der Waals surface area contributed by atoms with Gasteiger partial charge in [-0.25, -0.2) is 20.0 Å². The zero-order chi connectivity index (χ0) is 40.9. The van der Waals surface area contributed by atoms with Crippen molar-refractivity contribution in [3.05, 3.63) is 218 Å². The zero-order valence-corrected chi connectivity index (χ0v) is 33.4. The zero-order valence-electron chi connectivity index (χ0n) is 33.4. The highest BCUT2D eigenvalue weighted by atomic mass is 15.2. The molecule has 0 N–H and O–H groups in total. The van der Waals surface area contributed by atoms with Crippen LogP contribution in [0.2, 0.25) is 0 Å². The first-order chi connectivity index (χ1) is 30.1. The van der Waals surface area contributed by atoms with Crippen LogP contribution in [0.25, 0.3) is 88.5 Å². The van der Waals surface area contributed by atoms with Gasteiger partial charge in [-0.1, -0.05) is 164 Å². The number of nitrogens with zero attached hydrogens (tertiary/aromatic N) is 6. The van der Waals surface area contributed by atoms with Gasteiger partial charge in [-0.3, -0.25) is 9.13 Å². The molecular formula is C55H38N6. The lowest BCUT2D eigenvalue weighted by Crippen LogP contribution is -2.14. The molecule has 0 aliphatic carbocycles. The largest absolute Gasteiger partial charge is 0.292 e. The fourth-order valence-corrected chi connectivity index (χ4v) is 8.55. The lowest BCUT2D eigenvalue weighted by Gasteiger charge is -2.13. The smallest absolute Gasteiger partial charge is 0.236 e. The maximum atomic E-state index is 5.41. The lowest BCUT2D eigenvalue weighted by molar-refractivity contribution is 1.10. The molecule has 0 saturated carbocycles. The van der Waals surface area contributed by atoms with E-state index in [1.807, 2.05) is 60.7 Å². The number of aromatic nitrogens is 4. The van der Waals surface area contributed by atoms with Crippen molar-refractivity contribution in [1.29, 1.82) is 0 Å². The van der Waals surface area contributed by atoms with Crippen molar-refractivity contribution in [3.8, 4) is 28.5 Å². The van der Waals surface area contributed by atoms with Gasteiger partial charge < -0.3 is 0 Å². The Balaban J connectivity index is 1.10. The van der Waals surface area contributed by atoms with Crippen LogP contribution >= 0.6 is 0 Å². The Bertz CT molecular complexity index is 3510. The average molecular weight is 783 g/mol. The molecule has 6 heteroatoms. The molecule has 0 spiro atoms. The Labute approximate surface area is 352 Å². The summed E-state index contributed by atoms with van der Waals surface area (Å²) < 4.78 is 4.26. The summed E-state index contributed by atoms with van der Waals surface area (Å²) in [6.45, 7) is 6.62. The number of fused-ring (bicyclic) bond motifs is 8. The number of aliphatic imine (C=N–C) groups is 2. The van der Waals surface area contributed by atoms with E-state index in [1.54, 1.807) is 0 Å². The molecule has 0 bridgehead atoms. The van der Waals surface area contributed by atoms with E-state index < -0.39 is 0 Å². The van der Waals surface area contributed by atoms with E-state index in [-0.39, 0.29) is 0 Å². The van der Waals surface area contributed by atoms with E-state index in [2.05, 4.69) is 162 Å². The second kappa shape index (κ2) is 14.9. The van der Waals surface area contributed by atoms with E-state index in [0.29, 0.717) is 11.7 Å². The van der Waals surface area contributed by atoms with Gasteiger partial charge >= 0.3 is 0 Å². The van der Waals surface area contributed by atoms with Gasteiger partial charge in [-0.15, -0.1) is 0 Å². The number of hydrogen-bond acceptors (Lipinski definition) is 3. The molecule has 0 radical (unpaired) electrons. The molecule has 0 aliphatic heterocycles. The first-order valence-electron chi connectivity index (χ1n) is 20.4. The summed E-state index contributed by atoms with van der Waals surface area (Å²) in [4.78, 5) is 21.1. The van der Waals surface area contributed by atoms with Crippen molar-refractivity contribution >= 4 is 71.8 Å². The number of rotatable bonds is 6. The van der Waals surface area contributed by atoms with Gasteiger partial charge in [0.2, 0.25) is 5.96 Å². The molecule has 9 aromatic carbocycles. The number of imidazole rings is 2. The minimum absolute atomic E-state index is 0.457. The van der Waals surface area contributed by atoms with Crippen LogP contribution < -0.4 is 0 Å². The molecule has 61 heavy (non-hydrogen) atoms. The SMILES string of the molecule is C=C(N=C(/N=C(\C)c1ccc2c3ccccc3c3ccccc3c2c1)n1c(-c2ccccc2)nc2ccccc21)c1ccc2c(c1)nc(-c1ccccc1)n2-c1ccccc1. The summed E-state index contributed by atoms with van der Waals surface area (Å²) in [5.74, 6) is 2.06. The highest BCUT2D eigenvalue weighted by Crippen LogP contribution is 2.36. The molecule has 2 heterocycles. The van der Waals surface area contributed by atoms with Gasteiger partial charge in [0.15, 0.2) is 0 Å². The summed E-state index contributed by atoms with van der Waals surface area (Å²) >= 11 is 0. The minimum atomic E-state index is 0.457. The van der Waals surface area contributed by atoms with Crippen LogP contribution in [0.4, 0.5) is 0 Å². The highest BCUT2D eigenvalue weighted by molar-refractivity contribution is 6.26. The van der Waals surface area contributed by atoms with Crippen molar-refractivity contribution in [3.63, 3.8) is 0 Å². The third-order valence-electron chi connectivity index (χ3n) is 11.5. The van der Waals surface area contributed by atoms with Crippen molar-refractivity contribution in [1.82, 2.24) is 19.1 Å². The Kier molecular flexibility index (Phi) is 8.75. The van der Waals surface area contributed by atoms with E-state index in [1.165, 1.54) is 32.3 Å². The molecule has 0 fully saturated rings. The van der Waals surface area contributed by atoms with Crippen molar-refractivity contribution in [2.24, 2.45) is 9.98 Å². The summed E-state index contributed by atoms with van der Waals surface area (Å²) in [6.07, 6.45) is 0. The topological polar surface area (TPSA) is 60.4 Å². The minimum Gasteiger partial charge on any atom is -0.292 e. The second-order valence-corrected chi connectivity index (χ2v) is 15.2. The average Bonchev–Trinajstić information content (AvgIpc) is 3.91. The molecule has 0 saturated heterocycles. The van der Waals surface area contributed by atoms with Crippen molar-refractivity contribution in [2.75, 3.05) is 0 Å². The van der Waals surface area contributed by atoms with E-state index in [9.17, 15) is 0 Å². The maximum absolute atomic E-state index is 5.41. The lowest BCUT2D eigenvalue weighted by atomic mass is 9.93. The quantitative estimate of drug-likeness (QED) is 0.0958. The molecule has 11 rings (SSSR count). The first-order valence-corrected chi connectivity index (χ1v) is 20.4. The molecule has 11 aromatic rings. The Morgan fingerprint density at radius 2 is 0.967 bits per heavy atom. The Hall–Kier alpha value is -8.22. The molecule has 0 amide bonds. The van der Waals surface area contributed by atoms with Gasteiger partial charge in [0.05, 0.1) is 27.8 Å².